The maximum absolute atomic E-state index is 13.3. The van der Waals surface area contributed by atoms with Gasteiger partial charge in [0.05, 0.1) is 30.2 Å². The van der Waals surface area contributed by atoms with Crippen molar-refractivity contribution >= 4 is 10.9 Å². The van der Waals surface area contributed by atoms with Crippen molar-refractivity contribution in [2.75, 3.05) is 13.7 Å². The molecule has 0 saturated heterocycles. The van der Waals surface area contributed by atoms with Gasteiger partial charge in [0.1, 0.15) is 11.8 Å². The molecule has 2 N–H and O–H groups in total. The molecular weight excluding hydrogens is 326 g/mol. The zero-order chi connectivity index (χ0) is 18.5. The molecule has 0 amide bonds. The average Bonchev–Trinajstić information content (AvgIpc) is 2.69. The first-order chi connectivity index (χ1) is 12.7. The number of para-hydroxylation sites is 1. The summed E-state index contributed by atoms with van der Waals surface area (Å²) in [6.45, 7) is 5.30. The third kappa shape index (κ3) is 3.48. The number of hydrogen-bond donors (Lipinski definition) is 1. The summed E-state index contributed by atoms with van der Waals surface area (Å²) < 4.78 is 7.00. The molecule has 0 radical (unpaired) electrons. The number of nitrogens with two attached hydrogens (primary N) is 1. The first-order valence-corrected chi connectivity index (χ1v) is 9.19. The van der Waals surface area contributed by atoms with Crippen molar-refractivity contribution in [2.24, 2.45) is 0 Å². The monoisotopic (exact) mass is 352 g/mol. The van der Waals surface area contributed by atoms with Crippen LogP contribution in [0.4, 0.5) is 0 Å². The number of quaternary nitrogens is 1. The van der Waals surface area contributed by atoms with Crippen molar-refractivity contribution in [3.63, 3.8) is 0 Å². The molecule has 0 unspecified atom stereocenters. The summed E-state index contributed by atoms with van der Waals surface area (Å²) in [5.41, 5.74) is 1.53. The normalized spacial score (nSPS) is 12.3. The predicted octanol–water partition coefficient (Wildman–Crippen LogP) is 2.82. The Morgan fingerprint density at radius 2 is 1.85 bits per heavy atom. The summed E-state index contributed by atoms with van der Waals surface area (Å²) in [5, 5.41) is 2.91. The number of fused-ring (bicyclic) bond motifs is 1. The van der Waals surface area contributed by atoms with Gasteiger partial charge in [0.15, 0.2) is 5.82 Å². The Hall–Kier alpha value is -2.66. The standard InChI is InChI=1S/C21H25N3O2/c1-4-14-22-18(5-2)20-23-19-9-7-6-8-17(19)21(25)24(20)15-10-12-16(26-3)13-11-15/h6-13,18,22H,4-5,14H2,1-3H3/p+1/t18-/m1/s1. The van der Waals surface area contributed by atoms with Gasteiger partial charge in [-0.25, -0.2) is 4.98 Å². The molecule has 0 saturated carbocycles. The number of methoxy groups -OCH3 is 1. The molecule has 1 heterocycles. The molecule has 3 aromatic rings. The van der Waals surface area contributed by atoms with E-state index in [1.807, 2.05) is 48.5 Å². The quantitative estimate of drug-likeness (QED) is 0.711. The maximum atomic E-state index is 13.3. The van der Waals surface area contributed by atoms with Crippen LogP contribution in [0.25, 0.3) is 16.6 Å². The van der Waals surface area contributed by atoms with Gasteiger partial charge in [-0.2, -0.15) is 0 Å². The topological polar surface area (TPSA) is 60.7 Å². The average molecular weight is 352 g/mol. The first-order valence-electron chi connectivity index (χ1n) is 9.19. The van der Waals surface area contributed by atoms with Crippen LogP contribution in [-0.2, 0) is 0 Å². The highest BCUT2D eigenvalue weighted by atomic mass is 16.5. The summed E-state index contributed by atoms with van der Waals surface area (Å²) in [4.78, 5) is 18.2. The molecule has 0 aliphatic heterocycles. The summed E-state index contributed by atoms with van der Waals surface area (Å²) in [6.07, 6.45) is 1.98. The third-order valence-electron chi connectivity index (χ3n) is 4.64. The smallest absolute Gasteiger partial charge is 0.266 e. The van der Waals surface area contributed by atoms with E-state index in [4.69, 9.17) is 9.72 Å². The van der Waals surface area contributed by atoms with Gasteiger partial charge in [-0.1, -0.05) is 26.0 Å². The Labute approximate surface area is 153 Å². The Bertz CT molecular complexity index is 932. The van der Waals surface area contributed by atoms with Gasteiger partial charge in [0, 0.05) is 6.42 Å². The van der Waals surface area contributed by atoms with Gasteiger partial charge in [-0.3, -0.25) is 9.36 Å². The van der Waals surface area contributed by atoms with Crippen molar-refractivity contribution in [1.82, 2.24) is 9.55 Å². The lowest BCUT2D eigenvalue weighted by Crippen LogP contribution is -2.85. The summed E-state index contributed by atoms with van der Waals surface area (Å²) >= 11 is 0. The lowest BCUT2D eigenvalue weighted by atomic mass is 10.1. The Balaban J connectivity index is 2.24. The van der Waals surface area contributed by atoms with E-state index >= 15 is 0 Å². The SMILES string of the molecule is CCC[NH2+][C@H](CC)c1nc2ccccc2c(=O)n1-c1ccc(OC)cc1. The van der Waals surface area contributed by atoms with Crippen LogP contribution in [0.1, 0.15) is 38.6 Å². The van der Waals surface area contributed by atoms with Crippen LogP contribution in [0, 0.1) is 0 Å². The number of rotatable bonds is 7. The van der Waals surface area contributed by atoms with Crippen LogP contribution in [0.15, 0.2) is 53.3 Å². The summed E-state index contributed by atoms with van der Waals surface area (Å²) in [7, 11) is 1.64. The van der Waals surface area contributed by atoms with Crippen LogP contribution in [-0.4, -0.2) is 23.2 Å². The largest absolute Gasteiger partial charge is 0.497 e. The zero-order valence-corrected chi connectivity index (χ0v) is 15.6. The minimum atomic E-state index is -0.0286. The van der Waals surface area contributed by atoms with Crippen LogP contribution >= 0.6 is 0 Å². The summed E-state index contributed by atoms with van der Waals surface area (Å²) in [5.74, 6) is 1.57. The van der Waals surface area contributed by atoms with Crippen LogP contribution in [0.3, 0.4) is 0 Å². The molecule has 2 aromatic carbocycles. The van der Waals surface area contributed by atoms with Gasteiger partial charge in [-0.15, -0.1) is 0 Å². The second kappa shape index (κ2) is 8.15. The minimum absolute atomic E-state index is 0.0286. The van der Waals surface area contributed by atoms with Crippen molar-refractivity contribution in [3.05, 3.63) is 64.7 Å². The van der Waals surface area contributed by atoms with Crippen molar-refractivity contribution in [1.29, 1.82) is 0 Å². The highest BCUT2D eigenvalue weighted by Crippen LogP contribution is 2.20. The molecule has 0 aliphatic carbocycles. The summed E-state index contributed by atoms with van der Waals surface area (Å²) in [6, 6.07) is 15.2. The van der Waals surface area contributed by atoms with E-state index in [1.54, 1.807) is 11.7 Å². The fraction of sp³-hybridized carbons (Fsp3) is 0.333. The Morgan fingerprint density at radius 1 is 1.12 bits per heavy atom. The molecular formula is C21H26N3O2+. The van der Waals surface area contributed by atoms with Crippen LogP contribution < -0.4 is 15.6 Å². The lowest BCUT2D eigenvalue weighted by molar-refractivity contribution is -0.697. The molecule has 0 fully saturated rings. The number of ether oxygens (including phenoxy) is 1. The lowest BCUT2D eigenvalue weighted by Gasteiger charge is -2.19. The van der Waals surface area contributed by atoms with E-state index in [9.17, 15) is 4.79 Å². The molecule has 3 rings (SSSR count). The molecule has 0 aliphatic rings. The van der Waals surface area contributed by atoms with E-state index in [1.165, 1.54) is 0 Å². The zero-order valence-electron chi connectivity index (χ0n) is 15.6. The van der Waals surface area contributed by atoms with E-state index in [0.29, 0.717) is 5.39 Å². The predicted molar refractivity (Wildman–Crippen MR) is 104 cm³/mol. The van der Waals surface area contributed by atoms with Crippen molar-refractivity contribution in [3.8, 4) is 11.4 Å². The molecule has 1 aromatic heterocycles. The highest BCUT2D eigenvalue weighted by Gasteiger charge is 2.22. The third-order valence-corrected chi connectivity index (χ3v) is 4.64. The van der Waals surface area contributed by atoms with Gasteiger partial charge in [0.25, 0.3) is 5.56 Å². The molecule has 26 heavy (non-hydrogen) atoms. The molecule has 136 valence electrons. The molecule has 5 nitrogen and oxygen atoms in total. The number of benzene rings is 2. The van der Waals surface area contributed by atoms with E-state index in [2.05, 4.69) is 19.2 Å². The Morgan fingerprint density at radius 3 is 2.50 bits per heavy atom. The second-order valence-electron chi connectivity index (χ2n) is 6.36. The fourth-order valence-corrected chi connectivity index (χ4v) is 3.20. The second-order valence-corrected chi connectivity index (χ2v) is 6.36. The first kappa shape index (κ1) is 18.1. The van der Waals surface area contributed by atoms with E-state index in [-0.39, 0.29) is 11.6 Å². The molecule has 0 bridgehead atoms. The molecule has 1 atom stereocenters. The minimum Gasteiger partial charge on any atom is -0.497 e. The van der Waals surface area contributed by atoms with Crippen LogP contribution in [0.2, 0.25) is 0 Å². The maximum Gasteiger partial charge on any atom is 0.266 e. The van der Waals surface area contributed by atoms with Gasteiger partial charge in [-0.05, 0) is 42.8 Å². The fourth-order valence-electron chi connectivity index (χ4n) is 3.20. The number of hydrogen-bond acceptors (Lipinski definition) is 3. The van der Waals surface area contributed by atoms with E-state index in [0.717, 1.165) is 42.2 Å². The molecule has 5 heteroatoms. The molecule has 0 spiro atoms. The van der Waals surface area contributed by atoms with Gasteiger partial charge < -0.3 is 10.1 Å². The highest BCUT2D eigenvalue weighted by molar-refractivity contribution is 5.77. The Kier molecular flexibility index (Phi) is 5.68. The van der Waals surface area contributed by atoms with Crippen molar-refractivity contribution < 1.29 is 10.1 Å². The van der Waals surface area contributed by atoms with Crippen LogP contribution in [0.5, 0.6) is 5.75 Å². The number of aromatic nitrogens is 2. The van der Waals surface area contributed by atoms with Crippen molar-refractivity contribution in [2.45, 2.75) is 32.7 Å². The van der Waals surface area contributed by atoms with E-state index < -0.39 is 0 Å². The van der Waals surface area contributed by atoms with Gasteiger partial charge in [0.2, 0.25) is 0 Å². The number of nitrogens with zero attached hydrogens (tertiary/aromatic N) is 2. The van der Waals surface area contributed by atoms with Gasteiger partial charge >= 0.3 is 0 Å².